The second kappa shape index (κ2) is 74.9. The topological polar surface area (TPSA) is 237 Å². The first-order valence-corrected chi connectivity index (χ1v) is 45.7. The number of esters is 4. The number of rotatable bonds is 82. The number of hydrogen-bond acceptors (Lipinski definition) is 15. The van der Waals surface area contributed by atoms with Crippen molar-refractivity contribution in [1.82, 2.24) is 0 Å². The van der Waals surface area contributed by atoms with Gasteiger partial charge in [0.1, 0.15) is 19.3 Å². The summed E-state index contributed by atoms with van der Waals surface area (Å²) in [7, 11) is -9.91. The Morgan fingerprint density at radius 3 is 0.703 bits per heavy atom. The fourth-order valence-electron chi connectivity index (χ4n) is 12.7. The van der Waals surface area contributed by atoms with E-state index in [1.165, 1.54) is 250 Å². The number of carbonyl (C=O) groups excluding carboxylic acids is 4. The minimum Gasteiger partial charge on any atom is -0.462 e. The van der Waals surface area contributed by atoms with Crippen molar-refractivity contribution in [3.63, 3.8) is 0 Å². The van der Waals surface area contributed by atoms with Crippen LogP contribution in [0.3, 0.4) is 0 Å². The summed E-state index contributed by atoms with van der Waals surface area (Å²) in [4.78, 5) is 72.9. The summed E-state index contributed by atoms with van der Waals surface area (Å²) in [6, 6.07) is 0. The molecule has 3 N–H and O–H groups in total. The Morgan fingerprint density at radius 1 is 0.277 bits per heavy atom. The smallest absolute Gasteiger partial charge is 0.462 e. The molecule has 0 aliphatic carbocycles. The van der Waals surface area contributed by atoms with Gasteiger partial charge in [0, 0.05) is 25.7 Å². The summed E-state index contributed by atoms with van der Waals surface area (Å²) in [6.07, 6.45) is 66.9. The zero-order valence-electron chi connectivity index (χ0n) is 66.1. The summed E-state index contributed by atoms with van der Waals surface area (Å²) in [5.74, 6) is -1.31. The molecule has 0 aromatic heterocycles. The van der Waals surface area contributed by atoms with Crippen LogP contribution in [0.2, 0.25) is 0 Å². The third-order valence-electron chi connectivity index (χ3n) is 19.6. The Morgan fingerprint density at radius 2 is 0.475 bits per heavy atom. The minimum absolute atomic E-state index is 0.106. The standard InChI is InChI=1S/C82H160O17P2/c1-6-10-13-16-19-21-23-25-27-29-31-33-35-37-39-41-46-51-56-61-66-80(85)93-72-78(99-81(86)67-62-57-52-47-42-40-38-36-34-32-30-28-26-24-22-20-17-14-11-7-2)74-97-101(90,91)95-70-76(83)69-94-100(88,89)96-73-77(71-92-79(84)65-60-55-49-18-15-12-8-3)98-82(87)68-63-58-53-48-44-43-45-50-54-59-64-75(5)9-4/h75-78,83H,6-74H2,1-5H3,(H,88,89)(H,90,91)/t75?,76-,77+,78+/m0/s1. The van der Waals surface area contributed by atoms with E-state index < -0.39 is 97.5 Å². The van der Waals surface area contributed by atoms with Crippen molar-refractivity contribution in [2.45, 2.75) is 457 Å². The second-order valence-corrected chi connectivity index (χ2v) is 32.7. The molecule has 0 aliphatic rings. The van der Waals surface area contributed by atoms with Gasteiger partial charge in [0.25, 0.3) is 0 Å². The Kier molecular flexibility index (Phi) is 73.5. The van der Waals surface area contributed by atoms with Gasteiger partial charge in [-0.1, -0.05) is 388 Å². The SMILES string of the molecule is CCCCCCCCCCCCCCCCCCCCCCC(=O)OC[C@H](COP(=O)(O)OC[C@@H](O)COP(=O)(O)OC[C@@H](COC(=O)CCCCCCCCC)OC(=O)CCCCCCCCCCCCC(C)CC)OC(=O)CCCCCCCCCCCCCCCCCCCCCC. The summed E-state index contributed by atoms with van der Waals surface area (Å²) >= 11 is 0. The lowest BCUT2D eigenvalue weighted by atomic mass is 9.99. The van der Waals surface area contributed by atoms with Crippen LogP contribution >= 0.6 is 15.6 Å². The molecule has 0 rings (SSSR count). The van der Waals surface area contributed by atoms with E-state index in [1.54, 1.807) is 0 Å². The molecule has 6 atom stereocenters. The predicted molar refractivity (Wildman–Crippen MR) is 414 cm³/mol. The van der Waals surface area contributed by atoms with Crippen molar-refractivity contribution in [2.24, 2.45) is 5.92 Å². The largest absolute Gasteiger partial charge is 0.472 e. The van der Waals surface area contributed by atoms with Crippen LogP contribution in [-0.4, -0.2) is 96.7 Å². The number of unbranched alkanes of at least 4 members (excludes halogenated alkanes) is 53. The molecule has 0 aliphatic heterocycles. The molecule has 3 unspecified atom stereocenters. The monoisotopic (exact) mass is 1480 g/mol. The molecule has 0 saturated heterocycles. The van der Waals surface area contributed by atoms with E-state index in [9.17, 15) is 43.2 Å². The van der Waals surface area contributed by atoms with Crippen LogP contribution < -0.4 is 0 Å². The molecular weight excluding hydrogens is 1320 g/mol. The molecular formula is C82H160O17P2. The Balaban J connectivity index is 5.17. The fourth-order valence-corrected chi connectivity index (χ4v) is 14.3. The minimum atomic E-state index is -4.96. The van der Waals surface area contributed by atoms with E-state index in [0.29, 0.717) is 25.7 Å². The van der Waals surface area contributed by atoms with E-state index in [0.717, 1.165) is 109 Å². The Hall–Kier alpha value is -1.94. The number of phosphoric ester groups is 2. The average Bonchev–Trinajstić information content (AvgIpc) is 0.929. The molecule has 0 aromatic carbocycles. The van der Waals surface area contributed by atoms with E-state index in [1.807, 2.05) is 0 Å². The molecule has 17 nitrogen and oxygen atoms in total. The first-order valence-electron chi connectivity index (χ1n) is 42.7. The lowest BCUT2D eigenvalue weighted by molar-refractivity contribution is -0.161. The van der Waals surface area contributed by atoms with Gasteiger partial charge in [-0.3, -0.25) is 37.3 Å². The summed E-state index contributed by atoms with van der Waals surface area (Å²) in [5.41, 5.74) is 0. The van der Waals surface area contributed by atoms with Crippen molar-refractivity contribution in [3.8, 4) is 0 Å². The van der Waals surface area contributed by atoms with Crippen molar-refractivity contribution < 1.29 is 80.2 Å². The molecule has 0 amide bonds. The highest BCUT2D eigenvalue weighted by atomic mass is 31.2. The van der Waals surface area contributed by atoms with Crippen LogP contribution in [0.4, 0.5) is 0 Å². The summed E-state index contributed by atoms with van der Waals surface area (Å²) in [5, 5.41) is 10.6. The van der Waals surface area contributed by atoms with Gasteiger partial charge in [0.05, 0.1) is 26.4 Å². The van der Waals surface area contributed by atoms with Crippen LogP contribution in [-0.2, 0) is 65.4 Å². The van der Waals surface area contributed by atoms with Gasteiger partial charge in [0.2, 0.25) is 0 Å². The van der Waals surface area contributed by atoms with Gasteiger partial charge in [-0.05, 0) is 31.6 Å². The molecule has 0 bridgehead atoms. The maximum atomic E-state index is 13.1. The average molecular weight is 1480 g/mol. The first-order chi connectivity index (χ1) is 49.1. The van der Waals surface area contributed by atoms with Crippen LogP contribution in [0.1, 0.15) is 439 Å². The molecule has 19 heteroatoms. The fraction of sp³-hybridized carbons (Fsp3) is 0.951. The number of phosphoric acid groups is 2. The van der Waals surface area contributed by atoms with Crippen molar-refractivity contribution >= 4 is 39.5 Å². The molecule has 0 fully saturated rings. The van der Waals surface area contributed by atoms with Crippen LogP contribution in [0.5, 0.6) is 0 Å². The van der Waals surface area contributed by atoms with Crippen molar-refractivity contribution in [2.75, 3.05) is 39.6 Å². The highest BCUT2D eigenvalue weighted by molar-refractivity contribution is 7.47. The Labute approximate surface area is 619 Å². The second-order valence-electron chi connectivity index (χ2n) is 29.8. The van der Waals surface area contributed by atoms with E-state index in [4.69, 9.17) is 37.0 Å². The van der Waals surface area contributed by atoms with Crippen LogP contribution in [0, 0.1) is 5.92 Å². The predicted octanol–water partition coefficient (Wildman–Crippen LogP) is 24.8. The lowest BCUT2D eigenvalue weighted by Crippen LogP contribution is -2.30. The highest BCUT2D eigenvalue weighted by Gasteiger charge is 2.30. The number of hydrogen-bond donors (Lipinski definition) is 3. The Bertz CT molecular complexity index is 1930. The lowest BCUT2D eigenvalue weighted by Gasteiger charge is -2.21. The number of aliphatic hydroxyl groups is 1. The maximum absolute atomic E-state index is 13.1. The quantitative estimate of drug-likeness (QED) is 0.0222. The molecule has 0 spiro atoms. The zero-order valence-corrected chi connectivity index (χ0v) is 67.8. The first kappa shape index (κ1) is 99.1. The van der Waals surface area contributed by atoms with Gasteiger partial charge in [-0.25, -0.2) is 9.13 Å². The summed E-state index contributed by atoms with van der Waals surface area (Å²) in [6.45, 7) is 7.31. The van der Waals surface area contributed by atoms with Gasteiger partial charge in [-0.2, -0.15) is 0 Å². The van der Waals surface area contributed by atoms with E-state index in [-0.39, 0.29) is 25.7 Å². The van der Waals surface area contributed by atoms with Crippen molar-refractivity contribution in [1.29, 1.82) is 0 Å². The number of ether oxygens (including phenoxy) is 4. The molecule has 0 heterocycles. The van der Waals surface area contributed by atoms with Gasteiger partial charge in [0.15, 0.2) is 12.2 Å². The van der Waals surface area contributed by atoms with Crippen LogP contribution in [0.15, 0.2) is 0 Å². The molecule has 101 heavy (non-hydrogen) atoms. The molecule has 0 radical (unpaired) electrons. The number of carbonyl (C=O) groups is 4. The normalized spacial score (nSPS) is 14.1. The number of aliphatic hydroxyl groups excluding tert-OH is 1. The van der Waals surface area contributed by atoms with E-state index >= 15 is 0 Å². The van der Waals surface area contributed by atoms with Gasteiger partial charge >= 0.3 is 39.5 Å². The third kappa shape index (κ3) is 74.7. The molecule has 600 valence electrons. The van der Waals surface area contributed by atoms with Crippen LogP contribution in [0.25, 0.3) is 0 Å². The summed E-state index contributed by atoms with van der Waals surface area (Å²) < 4.78 is 68.6. The third-order valence-corrected chi connectivity index (χ3v) is 21.5. The highest BCUT2D eigenvalue weighted by Crippen LogP contribution is 2.45. The van der Waals surface area contributed by atoms with Gasteiger partial charge < -0.3 is 33.8 Å². The molecule has 0 saturated carbocycles. The van der Waals surface area contributed by atoms with Gasteiger partial charge in [-0.15, -0.1) is 0 Å². The van der Waals surface area contributed by atoms with Crippen molar-refractivity contribution in [3.05, 3.63) is 0 Å². The maximum Gasteiger partial charge on any atom is 0.472 e. The van der Waals surface area contributed by atoms with E-state index in [2.05, 4.69) is 34.6 Å². The zero-order chi connectivity index (χ0) is 74.1. The molecule has 0 aromatic rings.